The fourth-order valence-electron chi connectivity index (χ4n) is 2.61. The number of ether oxygens (including phenoxy) is 1. The molecule has 3 N–H and O–H groups in total. The summed E-state index contributed by atoms with van der Waals surface area (Å²) in [6, 6.07) is 11.4. The highest BCUT2D eigenvalue weighted by atomic mass is 32.1. The molecule has 8 heteroatoms. The van der Waals surface area contributed by atoms with Crippen molar-refractivity contribution in [1.82, 2.24) is 15.8 Å². The largest absolute Gasteiger partial charge is 0.455 e. The van der Waals surface area contributed by atoms with Crippen molar-refractivity contribution in [3.8, 4) is 0 Å². The molecule has 140 valence electrons. The summed E-state index contributed by atoms with van der Waals surface area (Å²) in [5.41, 5.74) is 6.69. The zero-order valence-corrected chi connectivity index (χ0v) is 15.3. The van der Waals surface area contributed by atoms with Crippen molar-refractivity contribution in [2.24, 2.45) is 0 Å². The number of aromatic amines is 1. The minimum atomic E-state index is -0.593. The lowest BCUT2D eigenvalue weighted by Crippen LogP contribution is -2.43. The van der Waals surface area contributed by atoms with Crippen LogP contribution in [0.25, 0.3) is 10.9 Å². The van der Waals surface area contributed by atoms with E-state index in [1.807, 2.05) is 30.5 Å². The van der Waals surface area contributed by atoms with Crippen LogP contribution in [0.15, 0.2) is 48.0 Å². The lowest BCUT2D eigenvalue weighted by Gasteiger charge is -2.07. The molecule has 0 aliphatic rings. The Kier molecular flexibility index (Phi) is 6.22. The smallest absolute Gasteiger partial charge is 0.306 e. The fourth-order valence-corrected chi connectivity index (χ4v) is 3.23. The van der Waals surface area contributed by atoms with Gasteiger partial charge in [0.2, 0.25) is 0 Å². The van der Waals surface area contributed by atoms with Crippen molar-refractivity contribution in [2.45, 2.75) is 19.3 Å². The highest BCUT2D eigenvalue weighted by molar-refractivity contribution is 7.12. The van der Waals surface area contributed by atoms with E-state index in [0.29, 0.717) is 11.3 Å². The van der Waals surface area contributed by atoms with E-state index in [1.165, 1.54) is 11.3 Å². The van der Waals surface area contributed by atoms with E-state index in [1.54, 1.807) is 17.5 Å². The molecule has 0 saturated heterocycles. The Labute approximate surface area is 159 Å². The number of rotatable bonds is 7. The second-order valence-corrected chi connectivity index (χ2v) is 6.80. The first-order chi connectivity index (χ1) is 13.1. The molecule has 0 aliphatic heterocycles. The maximum Gasteiger partial charge on any atom is 0.306 e. The molecule has 2 aromatic heterocycles. The maximum absolute atomic E-state index is 11.8. The summed E-state index contributed by atoms with van der Waals surface area (Å²) in [5, 5.41) is 2.90. The van der Waals surface area contributed by atoms with Crippen molar-refractivity contribution in [1.29, 1.82) is 0 Å². The minimum Gasteiger partial charge on any atom is -0.455 e. The van der Waals surface area contributed by atoms with E-state index in [-0.39, 0.29) is 6.42 Å². The van der Waals surface area contributed by atoms with Gasteiger partial charge in [0.1, 0.15) is 0 Å². The van der Waals surface area contributed by atoms with Gasteiger partial charge in [0, 0.05) is 23.5 Å². The van der Waals surface area contributed by atoms with Crippen LogP contribution in [0.2, 0.25) is 0 Å². The van der Waals surface area contributed by atoms with Crippen LogP contribution in [0.4, 0.5) is 0 Å². The molecule has 0 saturated carbocycles. The van der Waals surface area contributed by atoms with E-state index in [9.17, 15) is 14.4 Å². The van der Waals surface area contributed by atoms with Crippen LogP contribution in [0.1, 0.15) is 28.1 Å². The van der Waals surface area contributed by atoms with E-state index in [4.69, 9.17) is 4.74 Å². The monoisotopic (exact) mass is 385 g/mol. The first kappa shape index (κ1) is 18.7. The molecular weight excluding hydrogens is 366 g/mol. The standard InChI is InChI=1S/C19H19N3O4S/c23-17(21-22-19(25)16-8-4-10-27-16)12-26-18(24)9-3-5-13-11-20-15-7-2-1-6-14(13)15/h1-2,4,6-8,10-11,20H,3,5,9,12H2,(H,21,23)(H,22,25). The van der Waals surface area contributed by atoms with Gasteiger partial charge in [0.05, 0.1) is 4.88 Å². The Bertz CT molecular complexity index is 933. The van der Waals surface area contributed by atoms with Gasteiger partial charge < -0.3 is 9.72 Å². The molecule has 2 amide bonds. The molecule has 0 aliphatic carbocycles. The lowest BCUT2D eigenvalue weighted by atomic mass is 10.1. The number of hydrogen-bond acceptors (Lipinski definition) is 5. The van der Waals surface area contributed by atoms with Crippen LogP contribution in [0, 0.1) is 0 Å². The van der Waals surface area contributed by atoms with Crippen molar-refractivity contribution < 1.29 is 19.1 Å². The van der Waals surface area contributed by atoms with Crippen LogP contribution in [0.5, 0.6) is 0 Å². The minimum absolute atomic E-state index is 0.217. The molecule has 0 spiro atoms. The first-order valence-corrected chi connectivity index (χ1v) is 9.35. The Hall–Kier alpha value is -3.13. The van der Waals surface area contributed by atoms with Crippen molar-refractivity contribution >= 4 is 40.0 Å². The average Bonchev–Trinajstić information content (AvgIpc) is 3.35. The van der Waals surface area contributed by atoms with Gasteiger partial charge in [-0.3, -0.25) is 25.2 Å². The lowest BCUT2D eigenvalue weighted by molar-refractivity contribution is -0.148. The van der Waals surface area contributed by atoms with E-state index in [0.717, 1.165) is 22.9 Å². The van der Waals surface area contributed by atoms with Gasteiger partial charge in [-0.15, -0.1) is 11.3 Å². The normalized spacial score (nSPS) is 10.5. The van der Waals surface area contributed by atoms with Gasteiger partial charge in [-0.25, -0.2) is 0 Å². The molecule has 3 aromatic rings. The molecule has 27 heavy (non-hydrogen) atoms. The maximum atomic E-state index is 11.8. The van der Waals surface area contributed by atoms with Gasteiger partial charge in [0.25, 0.3) is 11.8 Å². The van der Waals surface area contributed by atoms with Gasteiger partial charge in [-0.1, -0.05) is 24.3 Å². The zero-order chi connectivity index (χ0) is 19.1. The average molecular weight is 385 g/mol. The van der Waals surface area contributed by atoms with E-state index in [2.05, 4.69) is 15.8 Å². The number of para-hydroxylation sites is 1. The topological polar surface area (TPSA) is 100 Å². The highest BCUT2D eigenvalue weighted by Gasteiger charge is 2.11. The molecule has 2 heterocycles. The number of H-pyrrole nitrogens is 1. The molecule has 0 fully saturated rings. The van der Waals surface area contributed by atoms with Gasteiger partial charge in [-0.05, 0) is 35.9 Å². The summed E-state index contributed by atoms with van der Waals surface area (Å²) >= 11 is 1.26. The Morgan fingerprint density at radius 1 is 1.07 bits per heavy atom. The third kappa shape index (κ3) is 5.18. The number of benzene rings is 1. The number of amides is 2. The number of carbonyl (C=O) groups is 3. The first-order valence-electron chi connectivity index (χ1n) is 8.47. The zero-order valence-electron chi connectivity index (χ0n) is 14.5. The van der Waals surface area contributed by atoms with Crippen LogP contribution >= 0.6 is 11.3 Å². The summed E-state index contributed by atoms with van der Waals surface area (Å²) in [4.78, 5) is 38.7. The summed E-state index contributed by atoms with van der Waals surface area (Å²) in [7, 11) is 0. The number of esters is 1. The van der Waals surface area contributed by atoms with Crippen molar-refractivity contribution in [3.05, 3.63) is 58.4 Å². The third-order valence-electron chi connectivity index (χ3n) is 3.93. The van der Waals surface area contributed by atoms with Crippen LogP contribution in [0.3, 0.4) is 0 Å². The van der Waals surface area contributed by atoms with Gasteiger partial charge in [-0.2, -0.15) is 0 Å². The summed E-state index contributed by atoms with van der Waals surface area (Å²) < 4.78 is 4.93. The summed E-state index contributed by atoms with van der Waals surface area (Å²) in [6.45, 7) is -0.434. The summed E-state index contributed by atoms with van der Waals surface area (Å²) in [6.07, 6.45) is 3.52. The number of aromatic nitrogens is 1. The fraction of sp³-hybridized carbons (Fsp3) is 0.211. The molecule has 0 atom stereocenters. The molecule has 3 rings (SSSR count). The Morgan fingerprint density at radius 3 is 2.74 bits per heavy atom. The van der Waals surface area contributed by atoms with Crippen LogP contribution in [-0.4, -0.2) is 29.4 Å². The van der Waals surface area contributed by atoms with E-state index >= 15 is 0 Å². The number of thiophene rings is 1. The molecule has 7 nitrogen and oxygen atoms in total. The summed E-state index contributed by atoms with van der Waals surface area (Å²) in [5.74, 6) is -1.46. The predicted octanol–water partition coefficient (Wildman–Crippen LogP) is 2.56. The second-order valence-electron chi connectivity index (χ2n) is 5.85. The van der Waals surface area contributed by atoms with Gasteiger partial charge in [0.15, 0.2) is 6.61 Å². The molecule has 0 radical (unpaired) electrons. The van der Waals surface area contributed by atoms with Crippen LogP contribution in [-0.2, 0) is 20.7 Å². The quantitative estimate of drug-likeness (QED) is 0.430. The van der Waals surface area contributed by atoms with Crippen molar-refractivity contribution in [2.75, 3.05) is 6.61 Å². The van der Waals surface area contributed by atoms with Crippen LogP contribution < -0.4 is 10.9 Å². The number of fused-ring (bicyclic) bond motifs is 1. The SMILES string of the molecule is O=C(COC(=O)CCCc1c[nH]c2ccccc12)NNC(=O)c1cccs1. The Morgan fingerprint density at radius 2 is 1.93 bits per heavy atom. The number of hydrazine groups is 1. The number of carbonyl (C=O) groups excluding carboxylic acids is 3. The molecule has 1 aromatic carbocycles. The third-order valence-corrected chi connectivity index (χ3v) is 4.80. The van der Waals surface area contributed by atoms with Gasteiger partial charge >= 0.3 is 5.97 Å². The van der Waals surface area contributed by atoms with E-state index < -0.39 is 24.4 Å². The highest BCUT2D eigenvalue weighted by Crippen LogP contribution is 2.19. The molecule has 0 unspecified atom stereocenters. The molecule has 0 bridgehead atoms. The van der Waals surface area contributed by atoms with Crippen molar-refractivity contribution in [3.63, 3.8) is 0 Å². The Balaban J connectivity index is 1.33. The number of aryl methyl sites for hydroxylation is 1. The molecular formula is C19H19N3O4S. The number of nitrogens with one attached hydrogen (secondary N) is 3. The predicted molar refractivity (Wildman–Crippen MR) is 102 cm³/mol. The second kappa shape index (κ2) is 9.00. The number of hydrogen-bond donors (Lipinski definition) is 3.